The molecule has 1 aliphatic rings. The van der Waals surface area contributed by atoms with Crippen molar-refractivity contribution in [1.82, 2.24) is 19.9 Å². The maximum atomic E-state index is 12.1. The number of amides is 1. The van der Waals surface area contributed by atoms with Crippen LogP contribution in [0.1, 0.15) is 57.6 Å². The van der Waals surface area contributed by atoms with E-state index in [-0.39, 0.29) is 16.7 Å². The molecule has 0 saturated heterocycles. The molecule has 0 spiro atoms. The largest absolute Gasteiger partial charge is 0.493 e. The molecule has 192 valence electrons. The van der Waals surface area contributed by atoms with E-state index in [1.807, 2.05) is 39.8 Å². The zero-order valence-electron chi connectivity index (χ0n) is 21.4. The summed E-state index contributed by atoms with van der Waals surface area (Å²) in [5.74, 6) is 0.866. The molecule has 2 aromatic heterocycles. The van der Waals surface area contributed by atoms with Crippen LogP contribution in [0, 0.1) is 23.0 Å². The molecule has 2 heterocycles. The predicted molar refractivity (Wildman–Crippen MR) is 135 cm³/mol. The first-order valence-electron chi connectivity index (χ1n) is 12.2. The van der Waals surface area contributed by atoms with Gasteiger partial charge in [-0.25, -0.2) is 14.3 Å². The summed E-state index contributed by atoms with van der Waals surface area (Å²) in [6.07, 6.45) is 6.90. The van der Waals surface area contributed by atoms with Crippen molar-refractivity contribution in [2.45, 2.75) is 71.4 Å². The number of hydrogen-bond donors (Lipinski definition) is 1. The van der Waals surface area contributed by atoms with Crippen LogP contribution in [0.2, 0.25) is 0 Å². The number of aromatic nitrogens is 3. The summed E-state index contributed by atoms with van der Waals surface area (Å²) in [7, 11) is 1.56. The first kappa shape index (κ1) is 25.4. The number of nitro benzene ring substituents is 1. The monoisotopic (exact) mass is 495 g/mol. The minimum atomic E-state index is -0.531. The van der Waals surface area contributed by atoms with Crippen LogP contribution in [-0.4, -0.2) is 44.4 Å². The zero-order chi connectivity index (χ0) is 26.0. The van der Waals surface area contributed by atoms with Crippen molar-refractivity contribution in [2.75, 3.05) is 7.11 Å². The Morgan fingerprint density at radius 3 is 2.58 bits per heavy atom. The van der Waals surface area contributed by atoms with Crippen LogP contribution >= 0.6 is 0 Å². The normalized spacial score (nSPS) is 18.1. The topological polar surface area (TPSA) is 121 Å². The summed E-state index contributed by atoms with van der Waals surface area (Å²) in [5, 5.41) is 19.2. The van der Waals surface area contributed by atoms with E-state index in [9.17, 15) is 14.9 Å². The molecule has 1 amide bonds. The number of fused-ring (bicyclic) bond motifs is 1. The Morgan fingerprint density at radius 2 is 1.94 bits per heavy atom. The summed E-state index contributed by atoms with van der Waals surface area (Å²) in [6.45, 7) is 7.48. The number of carbonyl (C=O) groups excluding carboxylic acids is 1. The first-order chi connectivity index (χ1) is 17.0. The maximum absolute atomic E-state index is 12.1. The molecule has 36 heavy (non-hydrogen) atoms. The highest BCUT2D eigenvalue weighted by Gasteiger charge is 2.27. The van der Waals surface area contributed by atoms with Gasteiger partial charge in [-0.1, -0.05) is 0 Å². The molecule has 1 saturated carbocycles. The van der Waals surface area contributed by atoms with E-state index >= 15 is 0 Å². The lowest BCUT2D eigenvalue weighted by Crippen LogP contribution is -2.41. The smallest absolute Gasteiger partial charge is 0.407 e. The average Bonchev–Trinajstić information content (AvgIpc) is 3.27. The Labute approximate surface area is 210 Å². The van der Waals surface area contributed by atoms with Crippen molar-refractivity contribution in [3.05, 3.63) is 52.0 Å². The number of carbonyl (C=O) groups is 1. The standard InChI is InChI=1S/C26H33N5O5/c1-16-10-18(11-17-6-8-20(9-7-17)29-25(32)36-26(2,3)4)22(31(33)34)13-21(16)19-12-23(35-5)24-27-15-28-30(24)14-19/h10,12-15,17,20H,6-9,11H2,1-5H3,(H,29,32). The summed E-state index contributed by atoms with van der Waals surface area (Å²) in [6, 6.07) is 5.47. The number of benzene rings is 1. The van der Waals surface area contributed by atoms with Crippen molar-refractivity contribution in [3.8, 4) is 16.9 Å². The summed E-state index contributed by atoms with van der Waals surface area (Å²) in [5.41, 5.74) is 3.37. The molecule has 0 aliphatic heterocycles. The van der Waals surface area contributed by atoms with Crippen molar-refractivity contribution in [3.63, 3.8) is 0 Å². The van der Waals surface area contributed by atoms with Crippen molar-refractivity contribution >= 4 is 17.4 Å². The molecule has 1 fully saturated rings. The third kappa shape index (κ3) is 5.75. The first-order valence-corrected chi connectivity index (χ1v) is 12.2. The van der Waals surface area contributed by atoms with Gasteiger partial charge in [-0.15, -0.1) is 0 Å². The predicted octanol–water partition coefficient (Wildman–Crippen LogP) is 5.25. The Balaban J connectivity index is 1.50. The molecule has 0 atom stereocenters. The van der Waals surface area contributed by atoms with Gasteiger partial charge in [-0.3, -0.25) is 10.1 Å². The Morgan fingerprint density at radius 1 is 1.22 bits per heavy atom. The van der Waals surface area contributed by atoms with Gasteiger partial charge in [0.2, 0.25) is 0 Å². The number of hydrogen-bond acceptors (Lipinski definition) is 7. The molecule has 0 unspecified atom stereocenters. The van der Waals surface area contributed by atoms with Crippen LogP contribution in [0.5, 0.6) is 5.75 Å². The summed E-state index contributed by atoms with van der Waals surface area (Å²) in [4.78, 5) is 28.0. The number of methoxy groups -OCH3 is 1. The van der Waals surface area contributed by atoms with Gasteiger partial charge in [0.05, 0.1) is 12.0 Å². The van der Waals surface area contributed by atoms with Gasteiger partial charge in [-0.2, -0.15) is 5.10 Å². The van der Waals surface area contributed by atoms with E-state index in [2.05, 4.69) is 15.4 Å². The van der Waals surface area contributed by atoms with Gasteiger partial charge in [0, 0.05) is 29.4 Å². The average molecular weight is 496 g/mol. The number of nitro groups is 1. The Kier molecular flexibility index (Phi) is 7.14. The minimum Gasteiger partial charge on any atom is -0.493 e. The highest BCUT2D eigenvalue weighted by atomic mass is 16.6. The quantitative estimate of drug-likeness (QED) is 0.366. The lowest BCUT2D eigenvalue weighted by atomic mass is 9.81. The fourth-order valence-electron chi connectivity index (χ4n) is 4.89. The summed E-state index contributed by atoms with van der Waals surface area (Å²) < 4.78 is 12.4. The molecular formula is C26H33N5O5. The van der Waals surface area contributed by atoms with E-state index in [4.69, 9.17) is 9.47 Å². The van der Waals surface area contributed by atoms with E-state index in [0.29, 0.717) is 23.7 Å². The van der Waals surface area contributed by atoms with Crippen LogP contribution < -0.4 is 10.1 Å². The molecule has 4 rings (SSSR count). The molecule has 10 heteroatoms. The Bertz CT molecular complexity index is 1270. The molecule has 1 N–H and O–H groups in total. The van der Waals surface area contributed by atoms with E-state index in [0.717, 1.165) is 47.9 Å². The van der Waals surface area contributed by atoms with Crippen LogP contribution in [0.4, 0.5) is 10.5 Å². The van der Waals surface area contributed by atoms with Gasteiger partial charge >= 0.3 is 6.09 Å². The second kappa shape index (κ2) is 10.1. The third-order valence-electron chi connectivity index (χ3n) is 6.57. The van der Waals surface area contributed by atoms with Gasteiger partial charge in [0.1, 0.15) is 11.9 Å². The minimum absolute atomic E-state index is 0.0666. The molecule has 1 aliphatic carbocycles. The van der Waals surface area contributed by atoms with Gasteiger partial charge in [-0.05, 0) is 89.0 Å². The van der Waals surface area contributed by atoms with E-state index in [1.54, 1.807) is 23.9 Å². The molecule has 1 aromatic carbocycles. The SMILES string of the molecule is COc1cc(-c2cc([N+](=O)[O-])c(CC3CCC(NC(=O)OC(C)(C)C)CC3)cc2C)cn2ncnc12. The molecule has 0 bridgehead atoms. The number of nitrogens with one attached hydrogen (secondary N) is 1. The van der Waals surface area contributed by atoms with Crippen molar-refractivity contribution < 1.29 is 19.2 Å². The van der Waals surface area contributed by atoms with Crippen LogP contribution in [0.15, 0.2) is 30.7 Å². The Hall–Kier alpha value is -3.69. The highest BCUT2D eigenvalue weighted by Crippen LogP contribution is 2.36. The van der Waals surface area contributed by atoms with Crippen LogP contribution in [0.3, 0.4) is 0 Å². The number of alkyl carbamates (subject to hydrolysis) is 1. The van der Waals surface area contributed by atoms with Crippen molar-refractivity contribution in [2.24, 2.45) is 5.92 Å². The number of rotatable bonds is 6. The highest BCUT2D eigenvalue weighted by molar-refractivity contribution is 5.74. The second-order valence-corrected chi connectivity index (χ2v) is 10.4. The summed E-state index contributed by atoms with van der Waals surface area (Å²) >= 11 is 0. The molecular weight excluding hydrogens is 462 g/mol. The van der Waals surface area contributed by atoms with Gasteiger partial charge in [0.15, 0.2) is 11.4 Å². The lowest BCUT2D eigenvalue weighted by Gasteiger charge is -2.30. The van der Waals surface area contributed by atoms with E-state index < -0.39 is 11.7 Å². The third-order valence-corrected chi connectivity index (χ3v) is 6.57. The molecule has 0 radical (unpaired) electrons. The maximum Gasteiger partial charge on any atom is 0.407 e. The van der Waals surface area contributed by atoms with Crippen LogP contribution in [0.25, 0.3) is 16.8 Å². The van der Waals surface area contributed by atoms with E-state index in [1.165, 1.54) is 6.33 Å². The number of ether oxygens (including phenoxy) is 2. The number of aryl methyl sites for hydroxylation is 1. The van der Waals surface area contributed by atoms with Crippen LogP contribution in [-0.2, 0) is 11.2 Å². The molecule has 10 nitrogen and oxygen atoms in total. The molecule has 3 aromatic rings. The fourth-order valence-corrected chi connectivity index (χ4v) is 4.89. The number of pyridine rings is 1. The van der Waals surface area contributed by atoms with Crippen molar-refractivity contribution in [1.29, 1.82) is 0 Å². The number of nitrogens with zero attached hydrogens (tertiary/aromatic N) is 4. The zero-order valence-corrected chi connectivity index (χ0v) is 21.4. The second-order valence-electron chi connectivity index (χ2n) is 10.4. The lowest BCUT2D eigenvalue weighted by molar-refractivity contribution is -0.385. The van der Waals surface area contributed by atoms with Gasteiger partial charge in [0.25, 0.3) is 5.69 Å². The fraction of sp³-hybridized carbons (Fsp3) is 0.500. The van der Waals surface area contributed by atoms with Gasteiger partial charge < -0.3 is 14.8 Å².